The molecule has 0 bridgehead atoms. The molecular weight excluding hydrogens is 369 g/mol. The number of amides is 2. The minimum Gasteiger partial charge on any atom is -0.507 e. The van der Waals surface area contributed by atoms with Crippen molar-refractivity contribution in [2.24, 2.45) is 0 Å². The van der Waals surface area contributed by atoms with E-state index in [9.17, 15) is 14.7 Å². The molecule has 24 heavy (non-hydrogen) atoms. The highest BCUT2D eigenvalue weighted by Crippen LogP contribution is 2.35. The summed E-state index contributed by atoms with van der Waals surface area (Å²) in [5.41, 5.74) is 1.11. The van der Waals surface area contributed by atoms with Crippen LogP contribution in [-0.2, 0) is 11.3 Å². The van der Waals surface area contributed by atoms with Gasteiger partial charge in [-0.25, -0.2) is 0 Å². The van der Waals surface area contributed by atoms with Crippen molar-refractivity contribution >= 4 is 52.2 Å². The Labute approximate surface area is 152 Å². The van der Waals surface area contributed by atoms with E-state index in [-0.39, 0.29) is 22.4 Å². The molecule has 0 aromatic heterocycles. The summed E-state index contributed by atoms with van der Waals surface area (Å²) in [7, 11) is 0. The fourth-order valence-electron chi connectivity index (χ4n) is 2.21. The van der Waals surface area contributed by atoms with Gasteiger partial charge in [0.1, 0.15) is 5.75 Å². The van der Waals surface area contributed by atoms with E-state index in [4.69, 9.17) is 23.2 Å². The van der Waals surface area contributed by atoms with Crippen molar-refractivity contribution in [1.82, 2.24) is 4.90 Å². The van der Waals surface area contributed by atoms with Crippen LogP contribution in [0.3, 0.4) is 0 Å². The number of aromatic hydroxyl groups is 1. The number of para-hydroxylation sites is 1. The van der Waals surface area contributed by atoms with E-state index in [1.807, 2.05) is 0 Å². The molecule has 0 saturated carbocycles. The molecule has 2 amide bonds. The molecule has 1 fully saturated rings. The second kappa shape index (κ2) is 6.89. The van der Waals surface area contributed by atoms with Crippen molar-refractivity contribution in [3.63, 3.8) is 0 Å². The monoisotopic (exact) mass is 379 g/mol. The Hall–Kier alpha value is -1.95. The van der Waals surface area contributed by atoms with Crippen molar-refractivity contribution < 1.29 is 14.7 Å². The smallest absolute Gasteiger partial charge is 0.293 e. The molecule has 0 atom stereocenters. The number of phenols is 1. The normalized spacial score (nSPS) is 16.2. The van der Waals surface area contributed by atoms with Crippen molar-refractivity contribution in [2.75, 3.05) is 0 Å². The summed E-state index contributed by atoms with van der Waals surface area (Å²) >= 11 is 12.8. The number of carbonyl (C=O) groups excluding carboxylic acids is 2. The molecule has 1 saturated heterocycles. The minimum atomic E-state index is -0.417. The van der Waals surface area contributed by atoms with Gasteiger partial charge in [0.2, 0.25) is 0 Å². The Morgan fingerprint density at radius 1 is 1.12 bits per heavy atom. The number of hydrogen-bond donors (Lipinski definition) is 1. The van der Waals surface area contributed by atoms with Crippen LogP contribution in [0.5, 0.6) is 5.75 Å². The van der Waals surface area contributed by atoms with Crippen LogP contribution in [0.4, 0.5) is 4.79 Å². The highest BCUT2D eigenvalue weighted by Gasteiger charge is 2.35. The molecule has 4 nitrogen and oxygen atoms in total. The minimum absolute atomic E-state index is 0.0463. The SMILES string of the molecule is O=C1S/C(=C\c2ccccc2O)C(=O)N1Cc1ccc(Cl)cc1Cl. The molecule has 1 aliphatic rings. The van der Waals surface area contributed by atoms with Gasteiger partial charge in [-0.05, 0) is 41.6 Å². The van der Waals surface area contributed by atoms with Crippen LogP contribution >= 0.6 is 35.0 Å². The number of benzene rings is 2. The Morgan fingerprint density at radius 3 is 2.58 bits per heavy atom. The van der Waals surface area contributed by atoms with Gasteiger partial charge in [-0.1, -0.05) is 47.5 Å². The predicted molar refractivity (Wildman–Crippen MR) is 96.1 cm³/mol. The summed E-state index contributed by atoms with van der Waals surface area (Å²) in [6.45, 7) is 0.0682. The Morgan fingerprint density at radius 2 is 1.88 bits per heavy atom. The van der Waals surface area contributed by atoms with Crippen LogP contribution in [0.1, 0.15) is 11.1 Å². The van der Waals surface area contributed by atoms with E-state index in [0.717, 1.165) is 16.7 Å². The number of carbonyl (C=O) groups is 2. The molecule has 0 aliphatic carbocycles. The van der Waals surface area contributed by atoms with Crippen LogP contribution in [0.15, 0.2) is 47.4 Å². The molecule has 2 aromatic rings. The van der Waals surface area contributed by atoms with Crippen LogP contribution in [0.2, 0.25) is 10.0 Å². The fraction of sp³-hybridized carbons (Fsp3) is 0.0588. The maximum Gasteiger partial charge on any atom is 0.293 e. The molecule has 0 radical (unpaired) electrons. The number of halogens is 2. The maximum absolute atomic E-state index is 12.5. The Balaban J connectivity index is 1.85. The molecule has 0 spiro atoms. The van der Waals surface area contributed by atoms with Crippen molar-refractivity contribution in [2.45, 2.75) is 6.54 Å². The summed E-state index contributed by atoms with van der Waals surface area (Å²) in [6.07, 6.45) is 1.50. The summed E-state index contributed by atoms with van der Waals surface area (Å²) in [5, 5.41) is 10.3. The van der Waals surface area contributed by atoms with Gasteiger partial charge < -0.3 is 5.11 Å². The molecule has 0 unspecified atom stereocenters. The number of imide groups is 1. The molecule has 7 heteroatoms. The van der Waals surface area contributed by atoms with E-state index < -0.39 is 5.91 Å². The third kappa shape index (κ3) is 3.43. The van der Waals surface area contributed by atoms with Gasteiger partial charge in [0.05, 0.1) is 11.4 Å². The predicted octanol–water partition coefficient (Wildman–Crippen LogP) is 4.94. The van der Waals surface area contributed by atoms with Gasteiger partial charge in [-0.15, -0.1) is 0 Å². The molecule has 1 aliphatic heterocycles. The highest BCUT2D eigenvalue weighted by molar-refractivity contribution is 8.18. The van der Waals surface area contributed by atoms with Gasteiger partial charge in [0, 0.05) is 15.6 Å². The highest BCUT2D eigenvalue weighted by atomic mass is 35.5. The lowest BCUT2D eigenvalue weighted by Crippen LogP contribution is -2.27. The summed E-state index contributed by atoms with van der Waals surface area (Å²) in [5.74, 6) is -0.371. The van der Waals surface area contributed by atoms with Crippen LogP contribution in [-0.4, -0.2) is 21.2 Å². The number of rotatable bonds is 3. The van der Waals surface area contributed by atoms with Crippen molar-refractivity contribution in [1.29, 1.82) is 0 Å². The largest absolute Gasteiger partial charge is 0.507 e. The second-order valence-electron chi connectivity index (χ2n) is 5.06. The number of hydrogen-bond acceptors (Lipinski definition) is 4. The van der Waals surface area contributed by atoms with E-state index >= 15 is 0 Å². The van der Waals surface area contributed by atoms with Gasteiger partial charge in [0.25, 0.3) is 11.1 Å². The van der Waals surface area contributed by atoms with Crippen molar-refractivity contribution in [3.05, 3.63) is 68.5 Å². The Kier molecular flexibility index (Phi) is 4.85. The van der Waals surface area contributed by atoms with Crippen molar-refractivity contribution in [3.8, 4) is 5.75 Å². The quantitative estimate of drug-likeness (QED) is 0.767. The van der Waals surface area contributed by atoms with E-state index in [1.54, 1.807) is 36.4 Å². The number of thioether (sulfide) groups is 1. The zero-order chi connectivity index (χ0) is 17.3. The van der Waals surface area contributed by atoms with E-state index in [1.165, 1.54) is 12.1 Å². The van der Waals surface area contributed by atoms with Gasteiger partial charge >= 0.3 is 0 Å². The fourth-order valence-corrected chi connectivity index (χ4v) is 3.50. The lowest BCUT2D eigenvalue weighted by molar-refractivity contribution is -0.123. The molecule has 1 heterocycles. The zero-order valence-electron chi connectivity index (χ0n) is 12.2. The summed E-state index contributed by atoms with van der Waals surface area (Å²) in [6, 6.07) is 11.5. The van der Waals surface area contributed by atoms with E-state index in [2.05, 4.69) is 0 Å². The first-order chi connectivity index (χ1) is 11.5. The van der Waals surface area contributed by atoms with Crippen LogP contribution in [0, 0.1) is 0 Å². The molecule has 3 rings (SSSR count). The Bertz CT molecular complexity index is 867. The van der Waals surface area contributed by atoms with Gasteiger partial charge in [-0.3, -0.25) is 14.5 Å². The topological polar surface area (TPSA) is 57.6 Å². The first kappa shape index (κ1) is 16.9. The lowest BCUT2D eigenvalue weighted by atomic mass is 10.2. The molecule has 122 valence electrons. The standard InChI is InChI=1S/C17H11Cl2NO3S/c18-12-6-5-11(13(19)8-12)9-20-16(22)15(24-17(20)23)7-10-3-1-2-4-14(10)21/h1-8,21H,9H2/b15-7-. The number of phenolic OH excluding ortho intramolecular Hbond substituents is 1. The number of nitrogens with zero attached hydrogens (tertiary/aromatic N) is 1. The first-order valence-corrected chi connectivity index (χ1v) is 8.50. The summed E-state index contributed by atoms with van der Waals surface area (Å²) in [4.78, 5) is 26.0. The summed E-state index contributed by atoms with van der Waals surface area (Å²) < 4.78 is 0. The van der Waals surface area contributed by atoms with Gasteiger partial charge in [-0.2, -0.15) is 0 Å². The van der Waals surface area contributed by atoms with Gasteiger partial charge in [0.15, 0.2) is 0 Å². The average Bonchev–Trinajstić information content (AvgIpc) is 2.79. The molecule has 2 aromatic carbocycles. The van der Waals surface area contributed by atoms with Crippen LogP contribution in [0.25, 0.3) is 6.08 Å². The lowest BCUT2D eigenvalue weighted by Gasteiger charge is -2.13. The molecule has 1 N–H and O–H groups in total. The third-order valence-electron chi connectivity index (χ3n) is 3.44. The van der Waals surface area contributed by atoms with Crippen LogP contribution < -0.4 is 0 Å². The van der Waals surface area contributed by atoms with E-state index in [0.29, 0.717) is 21.2 Å². The zero-order valence-corrected chi connectivity index (χ0v) is 14.5. The first-order valence-electron chi connectivity index (χ1n) is 6.93. The third-order valence-corrected chi connectivity index (χ3v) is 4.93. The second-order valence-corrected chi connectivity index (χ2v) is 6.90. The maximum atomic E-state index is 12.5. The average molecular weight is 380 g/mol. The molecular formula is C17H11Cl2NO3S.